The molecular weight excluding hydrogens is 271 g/mol. The average Bonchev–Trinajstić information content (AvgIpc) is 2.50. The van der Waals surface area contributed by atoms with E-state index in [0.717, 1.165) is 0 Å². The molecule has 0 aliphatic heterocycles. The molecule has 0 saturated heterocycles. The van der Waals surface area contributed by atoms with Crippen molar-refractivity contribution < 1.29 is 13.9 Å². The van der Waals surface area contributed by atoms with Gasteiger partial charge in [0.2, 0.25) is 5.91 Å². The Hall–Kier alpha value is -2.40. The van der Waals surface area contributed by atoms with Gasteiger partial charge in [-0.15, -0.1) is 0 Å². The molecule has 2 aromatic carbocycles. The molecule has 0 saturated carbocycles. The van der Waals surface area contributed by atoms with Gasteiger partial charge in [0.05, 0.1) is 6.61 Å². The van der Waals surface area contributed by atoms with Crippen molar-refractivity contribution in [2.75, 3.05) is 11.9 Å². The number of halogens is 1. The first kappa shape index (κ1) is 15.0. The molecule has 5 heteroatoms. The van der Waals surface area contributed by atoms with Gasteiger partial charge in [0, 0.05) is 11.8 Å². The van der Waals surface area contributed by atoms with Crippen molar-refractivity contribution >= 4 is 11.6 Å². The van der Waals surface area contributed by atoms with Gasteiger partial charge in [0.15, 0.2) is 11.6 Å². The predicted octanol–water partition coefficient (Wildman–Crippen LogP) is 2.86. The van der Waals surface area contributed by atoms with Gasteiger partial charge in [-0.1, -0.05) is 30.3 Å². The van der Waals surface area contributed by atoms with E-state index in [4.69, 9.17) is 10.5 Å². The van der Waals surface area contributed by atoms with E-state index >= 15 is 0 Å². The maximum atomic E-state index is 13.7. The molecule has 0 fully saturated rings. The summed E-state index contributed by atoms with van der Waals surface area (Å²) in [5.41, 5.74) is 6.91. The van der Waals surface area contributed by atoms with Crippen LogP contribution in [0.5, 0.6) is 5.75 Å². The van der Waals surface area contributed by atoms with Crippen LogP contribution in [0.15, 0.2) is 48.5 Å². The van der Waals surface area contributed by atoms with E-state index in [9.17, 15) is 9.18 Å². The van der Waals surface area contributed by atoms with Crippen molar-refractivity contribution in [3.05, 3.63) is 59.9 Å². The van der Waals surface area contributed by atoms with E-state index in [1.54, 1.807) is 37.3 Å². The quantitative estimate of drug-likeness (QED) is 0.889. The third-order valence-electron chi connectivity index (χ3n) is 2.94. The zero-order chi connectivity index (χ0) is 15.2. The van der Waals surface area contributed by atoms with Crippen LogP contribution in [0.4, 0.5) is 10.1 Å². The van der Waals surface area contributed by atoms with Gasteiger partial charge in [-0.25, -0.2) is 4.39 Å². The minimum Gasteiger partial charge on any atom is -0.491 e. The third kappa shape index (κ3) is 3.79. The Morgan fingerprint density at radius 1 is 1.29 bits per heavy atom. The van der Waals surface area contributed by atoms with E-state index in [2.05, 4.69) is 5.32 Å². The summed E-state index contributed by atoms with van der Waals surface area (Å²) >= 11 is 0. The van der Waals surface area contributed by atoms with Crippen LogP contribution in [0.2, 0.25) is 0 Å². The average molecular weight is 288 g/mol. The summed E-state index contributed by atoms with van der Waals surface area (Å²) in [6, 6.07) is 12.4. The number of carbonyl (C=O) groups is 1. The third-order valence-corrected chi connectivity index (χ3v) is 2.94. The molecule has 0 heterocycles. The summed E-state index contributed by atoms with van der Waals surface area (Å²) in [6.07, 6.45) is 0. The second-order valence-corrected chi connectivity index (χ2v) is 4.46. The number of nitrogens with one attached hydrogen (secondary N) is 1. The minimum atomic E-state index is -0.805. The van der Waals surface area contributed by atoms with Crippen molar-refractivity contribution in [3.63, 3.8) is 0 Å². The van der Waals surface area contributed by atoms with E-state index in [-0.39, 0.29) is 5.75 Å². The van der Waals surface area contributed by atoms with Gasteiger partial charge in [0.25, 0.3) is 0 Å². The molecule has 1 atom stereocenters. The maximum absolute atomic E-state index is 13.7. The molecule has 1 amide bonds. The van der Waals surface area contributed by atoms with Gasteiger partial charge >= 0.3 is 0 Å². The van der Waals surface area contributed by atoms with Crippen LogP contribution in [-0.4, -0.2) is 12.5 Å². The number of ether oxygens (including phenoxy) is 1. The first-order valence-electron chi connectivity index (χ1n) is 6.65. The molecule has 2 aromatic rings. The Morgan fingerprint density at radius 2 is 2.00 bits per heavy atom. The minimum absolute atomic E-state index is 0.155. The van der Waals surface area contributed by atoms with Crippen LogP contribution in [0.3, 0.4) is 0 Å². The summed E-state index contributed by atoms with van der Waals surface area (Å²) in [5, 5.41) is 2.59. The topological polar surface area (TPSA) is 64.3 Å². The molecule has 1 unspecified atom stereocenters. The fourth-order valence-corrected chi connectivity index (χ4v) is 1.88. The van der Waals surface area contributed by atoms with E-state index in [1.807, 2.05) is 6.07 Å². The lowest BCUT2D eigenvalue weighted by atomic mass is 10.1. The highest BCUT2D eigenvalue weighted by atomic mass is 19.1. The second-order valence-electron chi connectivity index (χ2n) is 4.46. The highest BCUT2D eigenvalue weighted by molar-refractivity contribution is 5.95. The van der Waals surface area contributed by atoms with Crippen LogP contribution in [-0.2, 0) is 4.79 Å². The molecule has 0 aliphatic carbocycles. The van der Waals surface area contributed by atoms with Crippen molar-refractivity contribution in [2.24, 2.45) is 5.73 Å². The maximum Gasteiger partial charge on any atom is 0.245 e. The highest BCUT2D eigenvalue weighted by Crippen LogP contribution is 2.22. The first-order valence-corrected chi connectivity index (χ1v) is 6.65. The van der Waals surface area contributed by atoms with Gasteiger partial charge < -0.3 is 15.8 Å². The van der Waals surface area contributed by atoms with Crippen molar-refractivity contribution in [3.8, 4) is 5.75 Å². The van der Waals surface area contributed by atoms with Crippen LogP contribution < -0.4 is 15.8 Å². The van der Waals surface area contributed by atoms with Crippen molar-refractivity contribution in [1.82, 2.24) is 0 Å². The zero-order valence-electron chi connectivity index (χ0n) is 11.7. The van der Waals surface area contributed by atoms with E-state index in [1.165, 1.54) is 12.1 Å². The zero-order valence-corrected chi connectivity index (χ0v) is 11.7. The molecular formula is C16H17FN2O2. The normalized spacial score (nSPS) is 11.8. The Bertz CT molecular complexity index is 617. The summed E-state index contributed by atoms with van der Waals surface area (Å²) in [5.74, 6) is -0.768. The highest BCUT2D eigenvalue weighted by Gasteiger charge is 2.16. The summed E-state index contributed by atoms with van der Waals surface area (Å²) in [4.78, 5) is 12.0. The van der Waals surface area contributed by atoms with Gasteiger partial charge in [-0.05, 0) is 24.6 Å². The SMILES string of the molecule is CCOc1ccc(NC(=O)C(N)c2ccccc2)cc1F. The van der Waals surface area contributed by atoms with Crippen LogP contribution in [0, 0.1) is 5.82 Å². The molecule has 0 aliphatic rings. The Balaban J connectivity index is 2.07. The second kappa shape index (κ2) is 6.85. The van der Waals surface area contributed by atoms with Gasteiger partial charge in [-0.3, -0.25) is 4.79 Å². The van der Waals surface area contributed by atoms with E-state index in [0.29, 0.717) is 17.9 Å². The standard InChI is InChI=1S/C16H17FN2O2/c1-2-21-14-9-8-12(10-13(14)17)19-16(20)15(18)11-6-4-3-5-7-11/h3-10,15H,2,18H2,1H3,(H,19,20). The predicted molar refractivity (Wildman–Crippen MR) is 79.6 cm³/mol. The molecule has 0 aromatic heterocycles. The molecule has 0 bridgehead atoms. The lowest BCUT2D eigenvalue weighted by molar-refractivity contribution is -0.117. The summed E-state index contributed by atoms with van der Waals surface area (Å²) < 4.78 is 18.8. The first-order chi connectivity index (χ1) is 10.1. The number of nitrogens with two attached hydrogens (primary N) is 1. The Labute approximate surface area is 122 Å². The lowest BCUT2D eigenvalue weighted by Crippen LogP contribution is -2.27. The molecule has 21 heavy (non-hydrogen) atoms. The van der Waals surface area contributed by atoms with Gasteiger partial charge in [-0.2, -0.15) is 0 Å². The number of hydrogen-bond acceptors (Lipinski definition) is 3. The van der Waals surface area contributed by atoms with Crippen LogP contribution in [0.1, 0.15) is 18.5 Å². The van der Waals surface area contributed by atoms with Crippen LogP contribution in [0.25, 0.3) is 0 Å². The van der Waals surface area contributed by atoms with Crippen molar-refractivity contribution in [1.29, 1.82) is 0 Å². The van der Waals surface area contributed by atoms with Crippen molar-refractivity contribution in [2.45, 2.75) is 13.0 Å². The lowest BCUT2D eigenvalue weighted by Gasteiger charge is -2.13. The largest absolute Gasteiger partial charge is 0.491 e. The number of benzene rings is 2. The summed E-state index contributed by atoms with van der Waals surface area (Å²) in [6.45, 7) is 2.15. The molecule has 0 radical (unpaired) electrons. The monoisotopic (exact) mass is 288 g/mol. The number of anilines is 1. The van der Waals surface area contributed by atoms with E-state index < -0.39 is 17.8 Å². The molecule has 0 spiro atoms. The fraction of sp³-hybridized carbons (Fsp3) is 0.188. The number of carbonyl (C=O) groups excluding carboxylic acids is 1. The molecule has 4 nitrogen and oxygen atoms in total. The Kier molecular flexibility index (Phi) is 4.90. The molecule has 110 valence electrons. The number of amides is 1. The van der Waals surface area contributed by atoms with Gasteiger partial charge in [0.1, 0.15) is 6.04 Å². The van der Waals surface area contributed by atoms with Crippen LogP contribution >= 0.6 is 0 Å². The number of rotatable bonds is 5. The number of hydrogen-bond donors (Lipinski definition) is 2. The summed E-state index contributed by atoms with van der Waals surface area (Å²) in [7, 11) is 0. The smallest absolute Gasteiger partial charge is 0.245 e. The molecule has 3 N–H and O–H groups in total. The molecule has 2 rings (SSSR count). The Morgan fingerprint density at radius 3 is 2.62 bits per heavy atom. The fourth-order valence-electron chi connectivity index (χ4n) is 1.88.